The van der Waals surface area contributed by atoms with Crippen LogP contribution in [0.5, 0.6) is 0 Å². The van der Waals surface area contributed by atoms with E-state index in [0.717, 1.165) is 25.9 Å². The van der Waals surface area contributed by atoms with Gasteiger partial charge in [0.2, 0.25) is 0 Å². The molecule has 1 aliphatic rings. The Morgan fingerprint density at radius 2 is 2.00 bits per heavy atom. The zero-order chi connectivity index (χ0) is 10.9. The fourth-order valence-electron chi connectivity index (χ4n) is 1.50. The molecule has 0 bridgehead atoms. The van der Waals surface area contributed by atoms with Gasteiger partial charge in [-0.1, -0.05) is 0 Å². The van der Waals surface area contributed by atoms with Crippen LogP contribution in [0.1, 0.15) is 19.3 Å². The third kappa shape index (κ3) is 6.43. The topological polar surface area (TPSA) is 67.8 Å². The van der Waals surface area contributed by atoms with E-state index in [9.17, 15) is 4.79 Å². The fraction of sp³-hybridized carbons (Fsp3) is 0.900. The molecule has 2 N–H and O–H groups in total. The third-order valence-electron chi connectivity index (χ3n) is 2.33. The van der Waals surface area contributed by atoms with Gasteiger partial charge >= 0.3 is 5.97 Å². The van der Waals surface area contributed by atoms with Gasteiger partial charge in [-0.3, -0.25) is 4.79 Å². The van der Waals surface area contributed by atoms with Crippen molar-refractivity contribution in [3.05, 3.63) is 0 Å². The third-order valence-corrected chi connectivity index (χ3v) is 2.33. The molecule has 15 heavy (non-hydrogen) atoms. The minimum absolute atomic E-state index is 0.0628. The molecule has 0 amide bonds. The van der Waals surface area contributed by atoms with Crippen molar-refractivity contribution in [3.63, 3.8) is 0 Å². The van der Waals surface area contributed by atoms with E-state index in [-0.39, 0.29) is 13.0 Å². The standard InChI is InChI=1S/C10H19NO4/c12-10(13)3-6-14-7-8-15-9-1-4-11-5-2-9/h9,11H,1-8H2,(H,12,13). The summed E-state index contributed by atoms with van der Waals surface area (Å²) < 4.78 is 10.7. The number of ether oxygens (including phenoxy) is 2. The molecule has 1 aliphatic heterocycles. The molecular weight excluding hydrogens is 198 g/mol. The number of carboxylic acid groups (broad SMARTS) is 1. The van der Waals surface area contributed by atoms with Crippen LogP contribution in [0.4, 0.5) is 0 Å². The van der Waals surface area contributed by atoms with Gasteiger partial charge in [0.1, 0.15) is 0 Å². The van der Waals surface area contributed by atoms with Crippen LogP contribution in [0, 0.1) is 0 Å². The van der Waals surface area contributed by atoms with Gasteiger partial charge in [0, 0.05) is 0 Å². The Labute approximate surface area is 89.8 Å². The first-order chi connectivity index (χ1) is 7.29. The smallest absolute Gasteiger partial charge is 0.305 e. The van der Waals surface area contributed by atoms with E-state index in [2.05, 4.69) is 5.32 Å². The summed E-state index contributed by atoms with van der Waals surface area (Å²) in [5.41, 5.74) is 0. The molecule has 5 nitrogen and oxygen atoms in total. The van der Waals surface area contributed by atoms with Crippen LogP contribution < -0.4 is 5.32 Å². The first-order valence-electron chi connectivity index (χ1n) is 5.41. The largest absolute Gasteiger partial charge is 0.481 e. The van der Waals surface area contributed by atoms with Crippen molar-refractivity contribution in [2.24, 2.45) is 0 Å². The van der Waals surface area contributed by atoms with Crippen molar-refractivity contribution in [1.29, 1.82) is 0 Å². The van der Waals surface area contributed by atoms with E-state index in [1.807, 2.05) is 0 Å². The number of aliphatic carboxylic acids is 1. The first-order valence-corrected chi connectivity index (χ1v) is 5.41. The molecule has 0 aromatic heterocycles. The predicted molar refractivity (Wildman–Crippen MR) is 54.9 cm³/mol. The molecule has 0 saturated carbocycles. The van der Waals surface area contributed by atoms with Gasteiger partial charge in [-0.25, -0.2) is 0 Å². The van der Waals surface area contributed by atoms with Crippen LogP contribution in [0.15, 0.2) is 0 Å². The van der Waals surface area contributed by atoms with Crippen molar-refractivity contribution in [3.8, 4) is 0 Å². The van der Waals surface area contributed by atoms with E-state index in [4.69, 9.17) is 14.6 Å². The second-order valence-corrected chi connectivity index (χ2v) is 3.58. The fourth-order valence-corrected chi connectivity index (χ4v) is 1.50. The number of hydrogen-bond acceptors (Lipinski definition) is 4. The van der Waals surface area contributed by atoms with Gasteiger partial charge < -0.3 is 19.9 Å². The van der Waals surface area contributed by atoms with E-state index in [1.54, 1.807) is 0 Å². The lowest BCUT2D eigenvalue weighted by Crippen LogP contribution is -2.33. The van der Waals surface area contributed by atoms with Gasteiger partial charge in [0.25, 0.3) is 0 Å². The summed E-state index contributed by atoms with van der Waals surface area (Å²) in [5.74, 6) is -0.825. The number of rotatable bonds is 7. The average molecular weight is 217 g/mol. The summed E-state index contributed by atoms with van der Waals surface area (Å²) >= 11 is 0. The Hall–Kier alpha value is -0.650. The van der Waals surface area contributed by atoms with Crippen LogP contribution in [0.3, 0.4) is 0 Å². The highest BCUT2D eigenvalue weighted by Gasteiger charge is 2.12. The lowest BCUT2D eigenvalue weighted by Gasteiger charge is -2.22. The maximum absolute atomic E-state index is 10.2. The van der Waals surface area contributed by atoms with Crippen LogP contribution in [0.2, 0.25) is 0 Å². The maximum atomic E-state index is 10.2. The van der Waals surface area contributed by atoms with Crippen molar-refractivity contribution in [2.45, 2.75) is 25.4 Å². The summed E-state index contributed by atoms with van der Waals surface area (Å²) in [6.07, 6.45) is 2.51. The van der Waals surface area contributed by atoms with Crippen LogP contribution >= 0.6 is 0 Å². The summed E-state index contributed by atoms with van der Waals surface area (Å²) in [6, 6.07) is 0. The summed E-state index contributed by atoms with van der Waals surface area (Å²) in [7, 11) is 0. The van der Waals surface area contributed by atoms with Crippen molar-refractivity contribution >= 4 is 5.97 Å². The minimum Gasteiger partial charge on any atom is -0.481 e. The van der Waals surface area contributed by atoms with Gasteiger partial charge in [-0.15, -0.1) is 0 Å². The summed E-state index contributed by atoms with van der Waals surface area (Å²) in [6.45, 7) is 3.35. The number of carbonyl (C=O) groups is 1. The molecule has 0 unspecified atom stereocenters. The van der Waals surface area contributed by atoms with E-state index in [1.165, 1.54) is 0 Å². The molecule has 1 heterocycles. The molecule has 1 fully saturated rings. The second kappa shape index (κ2) is 7.62. The van der Waals surface area contributed by atoms with Gasteiger partial charge in [-0.05, 0) is 25.9 Å². The normalized spacial score (nSPS) is 17.9. The Kier molecular flexibility index (Phi) is 6.31. The Balaban J connectivity index is 1.85. The number of nitrogens with one attached hydrogen (secondary N) is 1. The zero-order valence-electron chi connectivity index (χ0n) is 8.91. The van der Waals surface area contributed by atoms with E-state index < -0.39 is 5.97 Å². The Bertz CT molecular complexity index is 180. The van der Waals surface area contributed by atoms with Gasteiger partial charge in [0.05, 0.1) is 32.3 Å². The van der Waals surface area contributed by atoms with Crippen molar-refractivity contribution < 1.29 is 19.4 Å². The van der Waals surface area contributed by atoms with Crippen LogP contribution in [-0.2, 0) is 14.3 Å². The molecule has 0 aromatic rings. The number of hydrogen-bond donors (Lipinski definition) is 2. The monoisotopic (exact) mass is 217 g/mol. The van der Waals surface area contributed by atoms with Crippen LogP contribution in [0.25, 0.3) is 0 Å². The lowest BCUT2D eigenvalue weighted by molar-refractivity contribution is -0.138. The van der Waals surface area contributed by atoms with Gasteiger partial charge in [-0.2, -0.15) is 0 Å². The van der Waals surface area contributed by atoms with Crippen LogP contribution in [-0.4, -0.2) is 50.1 Å². The van der Waals surface area contributed by atoms with E-state index >= 15 is 0 Å². The molecular formula is C10H19NO4. The van der Waals surface area contributed by atoms with E-state index in [0.29, 0.717) is 19.3 Å². The molecule has 1 saturated heterocycles. The molecule has 0 aliphatic carbocycles. The first kappa shape index (κ1) is 12.4. The summed E-state index contributed by atoms with van der Waals surface area (Å²) in [5, 5.41) is 11.6. The quantitative estimate of drug-likeness (QED) is 0.598. The average Bonchev–Trinajstić information content (AvgIpc) is 2.24. The minimum atomic E-state index is -0.825. The number of carboxylic acids is 1. The highest BCUT2D eigenvalue weighted by Crippen LogP contribution is 2.06. The van der Waals surface area contributed by atoms with Crippen molar-refractivity contribution in [2.75, 3.05) is 32.9 Å². The maximum Gasteiger partial charge on any atom is 0.305 e. The SMILES string of the molecule is O=C(O)CCOCCOC1CCNCC1. The number of piperidine rings is 1. The Morgan fingerprint density at radius 3 is 2.67 bits per heavy atom. The molecule has 0 atom stereocenters. The second-order valence-electron chi connectivity index (χ2n) is 3.58. The molecule has 0 spiro atoms. The highest BCUT2D eigenvalue weighted by atomic mass is 16.5. The molecule has 0 radical (unpaired) electrons. The molecule has 88 valence electrons. The lowest BCUT2D eigenvalue weighted by atomic mass is 10.1. The molecule has 0 aromatic carbocycles. The molecule has 5 heteroatoms. The van der Waals surface area contributed by atoms with Crippen molar-refractivity contribution in [1.82, 2.24) is 5.32 Å². The highest BCUT2D eigenvalue weighted by molar-refractivity contribution is 5.66. The Morgan fingerprint density at radius 1 is 1.27 bits per heavy atom. The van der Waals surface area contributed by atoms with Gasteiger partial charge in [0.15, 0.2) is 0 Å². The predicted octanol–water partition coefficient (Wildman–Crippen LogP) is 0.246. The molecule has 1 rings (SSSR count). The summed E-state index contributed by atoms with van der Waals surface area (Å²) in [4.78, 5) is 10.2. The zero-order valence-corrected chi connectivity index (χ0v) is 8.91.